The van der Waals surface area contributed by atoms with Crippen LogP contribution in [0.2, 0.25) is 0 Å². The second-order valence-corrected chi connectivity index (χ2v) is 2.04. The lowest BCUT2D eigenvalue weighted by atomic mass is 10.3. The number of aryl methyl sites for hydroxylation is 2. The van der Waals surface area contributed by atoms with Crippen LogP contribution in [0.15, 0.2) is 6.07 Å². The van der Waals surface area contributed by atoms with Gasteiger partial charge in [0, 0.05) is 5.69 Å². The summed E-state index contributed by atoms with van der Waals surface area (Å²) in [6.45, 7) is 3.95. The second-order valence-electron chi connectivity index (χ2n) is 2.04. The van der Waals surface area contributed by atoms with Gasteiger partial charge < -0.3 is 15.1 Å². The quantitative estimate of drug-likeness (QED) is 0.363. The molecule has 6 heteroatoms. The Balaban J connectivity index is 0.000000218. The number of hydrogen-bond donors (Lipinski definition) is 4. The van der Waals surface area contributed by atoms with Crippen molar-refractivity contribution in [2.45, 2.75) is 13.8 Å². The van der Waals surface area contributed by atoms with E-state index in [1.54, 1.807) is 0 Å². The zero-order chi connectivity index (χ0) is 8.85. The van der Waals surface area contributed by atoms with Crippen molar-refractivity contribution in [2.24, 2.45) is 0 Å². The molecule has 62 valence electrons. The zero-order valence-corrected chi connectivity index (χ0v) is 6.44. The molecule has 1 rings (SSSR count). The third kappa shape index (κ3) is 7.05. The Hall–Kier alpha value is -0.845. The van der Waals surface area contributed by atoms with Gasteiger partial charge in [0.25, 0.3) is 0 Å². The van der Waals surface area contributed by atoms with Crippen LogP contribution >= 0.6 is 0 Å². The van der Waals surface area contributed by atoms with Crippen LogP contribution in [0.5, 0.6) is 0 Å². The first-order chi connectivity index (χ1) is 5.02. The van der Waals surface area contributed by atoms with E-state index < -0.39 is 7.32 Å². The Morgan fingerprint density at radius 3 is 1.91 bits per heavy atom. The lowest BCUT2D eigenvalue weighted by molar-refractivity contribution is 0.278. The summed E-state index contributed by atoms with van der Waals surface area (Å²) in [5.41, 5.74) is 2.18. The number of H-pyrrole nitrogens is 1. The minimum absolute atomic E-state index is 1.05. The molecular formula is C5H11BN2O3. The summed E-state index contributed by atoms with van der Waals surface area (Å²) in [6.07, 6.45) is 0. The second kappa shape index (κ2) is 4.89. The molecule has 0 spiro atoms. The molecule has 0 amide bonds. The summed E-state index contributed by atoms with van der Waals surface area (Å²) in [5, 5.41) is 28.2. The van der Waals surface area contributed by atoms with Crippen LogP contribution in [-0.4, -0.2) is 32.6 Å². The van der Waals surface area contributed by atoms with Crippen molar-refractivity contribution in [1.29, 1.82) is 0 Å². The van der Waals surface area contributed by atoms with E-state index in [1.165, 1.54) is 0 Å². The van der Waals surface area contributed by atoms with Crippen LogP contribution in [0.4, 0.5) is 0 Å². The molecule has 0 aromatic carbocycles. The average molecular weight is 158 g/mol. The SMILES string of the molecule is Cc1cc(C)[nH]n1.OB(O)O. The fourth-order valence-electron chi connectivity index (χ4n) is 0.554. The summed E-state index contributed by atoms with van der Waals surface area (Å²) in [4.78, 5) is 0. The lowest BCUT2D eigenvalue weighted by Crippen LogP contribution is -2.07. The van der Waals surface area contributed by atoms with Crippen molar-refractivity contribution in [3.05, 3.63) is 17.5 Å². The Morgan fingerprint density at radius 2 is 1.82 bits per heavy atom. The molecule has 0 unspecified atom stereocenters. The predicted molar refractivity (Wildman–Crippen MR) is 40.5 cm³/mol. The molecule has 1 aromatic heterocycles. The molecule has 11 heavy (non-hydrogen) atoms. The number of aromatic nitrogens is 2. The van der Waals surface area contributed by atoms with Gasteiger partial charge in [-0.15, -0.1) is 0 Å². The normalized spacial score (nSPS) is 8.45. The summed E-state index contributed by atoms with van der Waals surface area (Å²) in [6, 6.07) is 2.00. The molecule has 0 saturated carbocycles. The van der Waals surface area contributed by atoms with Gasteiger partial charge in [0.15, 0.2) is 0 Å². The Kier molecular flexibility index (Phi) is 4.52. The van der Waals surface area contributed by atoms with Crippen molar-refractivity contribution >= 4 is 7.32 Å². The number of aromatic amines is 1. The molecule has 4 N–H and O–H groups in total. The van der Waals surface area contributed by atoms with E-state index >= 15 is 0 Å². The van der Waals surface area contributed by atoms with E-state index in [9.17, 15) is 0 Å². The molecular weight excluding hydrogens is 147 g/mol. The topological polar surface area (TPSA) is 89.4 Å². The molecule has 1 aromatic rings. The minimum atomic E-state index is -2.17. The monoisotopic (exact) mass is 158 g/mol. The average Bonchev–Trinajstić information content (AvgIpc) is 2.13. The van der Waals surface area contributed by atoms with Crippen molar-refractivity contribution in [1.82, 2.24) is 10.2 Å². The third-order valence-electron chi connectivity index (χ3n) is 0.834. The summed E-state index contributed by atoms with van der Waals surface area (Å²) >= 11 is 0. The first kappa shape index (κ1) is 10.2. The number of hydrogen-bond acceptors (Lipinski definition) is 4. The highest BCUT2D eigenvalue weighted by molar-refractivity contribution is 6.30. The maximum absolute atomic E-state index is 7.17. The highest BCUT2D eigenvalue weighted by atomic mass is 16.5. The molecule has 0 aliphatic rings. The summed E-state index contributed by atoms with van der Waals surface area (Å²) in [7, 11) is -2.17. The standard InChI is InChI=1S/C5H8N2.BH3O3/c1-4-3-5(2)7-6-4;2-1(3)4/h3H,1-2H3,(H,6,7);2-4H. The van der Waals surface area contributed by atoms with Crippen LogP contribution < -0.4 is 0 Å². The van der Waals surface area contributed by atoms with Gasteiger partial charge in [0.05, 0.1) is 5.69 Å². The zero-order valence-electron chi connectivity index (χ0n) is 6.44. The van der Waals surface area contributed by atoms with Crippen LogP contribution in [0.3, 0.4) is 0 Å². The molecule has 0 fully saturated rings. The Bertz CT molecular complexity index is 182. The maximum Gasteiger partial charge on any atom is 0.631 e. The number of rotatable bonds is 0. The van der Waals surface area contributed by atoms with E-state index in [0.29, 0.717) is 0 Å². The highest BCUT2D eigenvalue weighted by Gasteiger charge is 1.92. The number of nitrogens with zero attached hydrogens (tertiary/aromatic N) is 1. The molecule has 5 nitrogen and oxygen atoms in total. The van der Waals surface area contributed by atoms with Gasteiger partial charge in [0.2, 0.25) is 0 Å². The van der Waals surface area contributed by atoms with E-state index in [1.807, 2.05) is 19.9 Å². The van der Waals surface area contributed by atoms with E-state index in [4.69, 9.17) is 15.1 Å². The smallest absolute Gasteiger partial charge is 0.402 e. The molecule has 0 atom stereocenters. The summed E-state index contributed by atoms with van der Waals surface area (Å²) < 4.78 is 0. The Labute approximate surface area is 64.9 Å². The summed E-state index contributed by atoms with van der Waals surface area (Å²) in [5.74, 6) is 0. The maximum atomic E-state index is 7.17. The van der Waals surface area contributed by atoms with Crippen LogP contribution in [0.25, 0.3) is 0 Å². The van der Waals surface area contributed by atoms with Gasteiger partial charge in [-0.1, -0.05) is 0 Å². The molecule has 0 bridgehead atoms. The van der Waals surface area contributed by atoms with Gasteiger partial charge >= 0.3 is 7.32 Å². The fraction of sp³-hybridized carbons (Fsp3) is 0.400. The van der Waals surface area contributed by atoms with Gasteiger partial charge in [-0.3, -0.25) is 5.10 Å². The van der Waals surface area contributed by atoms with E-state index in [0.717, 1.165) is 11.4 Å². The van der Waals surface area contributed by atoms with E-state index in [-0.39, 0.29) is 0 Å². The van der Waals surface area contributed by atoms with Gasteiger partial charge in [-0.25, -0.2) is 0 Å². The van der Waals surface area contributed by atoms with Crippen LogP contribution in [-0.2, 0) is 0 Å². The predicted octanol–water partition coefficient (Wildman–Crippen LogP) is -1.03. The van der Waals surface area contributed by atoms with Gasteiger partial charge in [-0.05, 0) is 19.9 Å². The first-order valence-electron chi connectivity index (χ1n) is 3.05. The molecule has 0 saturated heterocycles. The van der Waals surface area contributed by atoms with Crippen molar-refractivity contribution in [2.75, 3.05) is 0 Å². The first-order valence-corrected chi connectivity index (χ1v) is 3.05. The molecule has 0 radical (unpaired) electrons. The molecule has 0 aliphatic carbocycles. The molecule has 0 aliphatic heterocycles. The van der Waals surface area contributed by atoms with E-state index in [2.05, 4.69) is 10.2 Å². The molecule has 1 heterocycles. The van der Waals surface area contributed by atoms with Crippen LogP contribution in [0, 0.1) is 13.8 Å². The third-order valence-corrected chi connectivity index (χ3v) is 0.834. The highest BCUT2D eigenvalue weighted by Crippen LogP contribution is 1.92. The minimum Gasteiger partial charge on any atom is -0.402 e. The van der Waals surface area contributed by atoms with Crippen LogP contribution in [0.1, 0.15) is 11.4 Å². The van der Waals surface area contributed by atoms with Crippen molar-refractivity contribution < 1.29 is 15.1 Å². The van der Waals surface area contributed by atoms with Gasteiger partial charge in [-0.2, -0.15) is 5.10 Å². The van der Waals surface area contributed by atoms with Crippen molar-refractivity contribution in [3.63, 3.8) is 0 Å². The largest absolute Gasteiger partial charge is 0.631 e. The fourth-order valence-corrected chi connectivity index (χ4v) is 0.554. The van der Waals surface area contributed by atoms with Gasteiger partial charge in [0.1, 0.15) is 0 Å². The Morgan fingerprint density at radius 1 is 1.36 bits per heavy atom. The number of nitrogens with one attached hydrogen (secondary N) is 1. The lowest BCUT2D eigenvalue weighted by Gasteiger charge is -1.69. The van der Waals surface area contributed by atoms with Crippen molar-refractivity contribution in [3.8, 4) is 0 Å².